The van der Waals surface area contributed by atoms with Crippen molar-refractivity contribution in [3.8, 4) is 20.9 Å². The summed E-state index contributed by atoms with van der Waals surface area (Å²) in [5.74, 6) is 0. The molecule has 0 spiro atoms. The average molecular weight is 390 g/mol. The van der Waals surface area contributed by atoms with E-state index in [1.807, 2.05) is 24.3 Å². The molecule has 1 N–H and O–H groups in total. The molecule has 0 aromatic carbocycles. The molecule has 0 saturated heterocycles. The summed E-state index contributed by atoms with van der Waals surface area (Å²) in [5.41, 5.74) is 3.88. The summed E-state index contributed by atoms with van der Waals surface area (Å²) in [4.78, 5) is 6.30. The van der Waals surface area contributed by atoms with E-state index in [-0.39, 0.29) is 0 Å². The zero-order chi connectivity index (χ0) is 16.5. The minimum Gasteiger partial charge on any atom is -0.384 e. The lowest BCUT2D eigenvalue weighted by Gasteiger charge is -2.14. The van der Waals surface area contributed by atoms with Gasteiger partial charge in [0.15, 0.2) is 0 Å². The number of nitrogens with zero attached hydrogens (tertiary/aromatic N) is 1. The maximum Gasteiger partial charge on any atom is 0.108 e. The molecule has 6 heteroatoms. The fourth-order valence-electron chi connectivity index (χ4n) is 2.61. The second-order valence-corrected chi connectivity index (χ2v) is 8.57. The Morgan fingerprint density at radius 2 is 2.04 bits per heavy atom. The van der Waals surface area contributed by atoms with Crippen LogP contribution in [0.15, 0.2) is 58.9 Å². The van der Waals surface area contributed by atoms with E-state index in [2.05, 4.69) is 27.2 Å². The van der Waals surface area contributed by atoms with E-state index in [0.29, 0.717) is 0 Å². The average Bonchev–Trinajstić information content (AvgIpc) is 3.34. The monoisotopic (exact) mass is 389 g/mol. The Morgan fingerprint density at radius 1 is 1.12 bits per heavy atom. The highest BCUT2D eigenvalue weighted by Crippen LogP contribution is 2.46. The molecule has 4 aromatic rings. The zero-order valence-electron chi connectivity index (χ0n) is 12.3. The summed E-state index contributed by atoms with van der Waals surface area (Å²) in [7, 11) is 0. The summed E-state index contributed by atoms with van der Waals surface area (Å²) in [6.45, 7) is 0. The van der Waals surface area contributed by atoms with Crippen LogP contribution in [0, 0.1) is 0 Å². The van der Waals surface area contributed by atoms with Gasteiger partial charge in [0.25, 0.3) is 0 Å². The molecule has 4 aromatic heterocycles. The van der Waals surface area contributed by atoms with Crippen LogP contribution < -0.4 is 0 Å². The third kappa shape index (κ3) is 2.94. The molecule has 2 nitrogen and oxygen atoms in total. The van der Waals surface area contributed by atoms with Gasteiger partial charge in [-0.3, -0.25) is 4.98 Å². The second kappa shape index (κ2) is 6.78. The van der Waals surface area contributed by atoms with Gasteiger partial charge >= 0.3 is 0 Å². The van der Waals surface area contributed by atoms with E-state index < -0.39 is 6.10 Å². The summed E-state index contributed by atoms with van der Waals surface area (Å²) < 4.78 is 0.745. The Hall–Kier alpha value is -1.50. The molecule has 0 fully saturated rings. The Balaban J connectivity index is 1.90. The van der Waals surface area contributed by atoms with Crippen molar-refractivity contribution in [1.82, 2.24) is 4.98 Å². The lowest BCUT2D eigenvalue weighted by molar-refractivity contribution is 0.221. The Morgan fingerprint density at radius 3 is 2.71 bits per heavy atom. The van der Waals surface area contributed by atoms with Gasteiger partial charge in [0, 0.05) is 49.8 Å². The van der Waals surface area contributed by atoms with Crippen LogP contribution in [-0.4, -0.2) is 10.1 Å². The number of pyridine rings is 1. The van der Waals surface area contributed by atoms with E-state index in [4.69, 9.17) is 11.6 Å². The van der Waals surface area contributed by atoms with E-state index in [9.17, 15) is 5.11 Å². The highest BCUT2D eigenvalue weighted by Gasteiger charge is 2.23. The number of hydrogen-bond acceptors (Lipinski definition) is 5. The zero-order valence-corrected chi connectivity index (χ0v) is 15.6. The SMILES string of the molecule is OC(c1cccnc1)c1c(-c2ccc(Cl)s2)csc1-c1ccsc1. The first-order chi connectivity index (χ1) is 11.7. The molecule has 4 rings (SSSR count). The number of rotatable bonds is 4. The highest BCUT2D eigenvalue weighted by atomic mass is 35.5. The van der Waals surface area contributed by atoms with Crippen molar-refractivity contribution >= 4 is 45.6 Å². The number of aliphatic hydroxyl groups excluding tert-OH is 1. The van der Waals surface area contributed by atoms with Crippen molar-refractivity contribution in [2.75, 3.05) is 0 Å². The van der Waals surface area contributed by atoms with Crippen molar-refractivity contribution in [3.63, 3.8) is 0 Å². The van der Waals surface area contributed by atoms with Gasteiger partial charge in [-0.25, -0.2) is 0 Å². The first kappa shape index (κ1) is 16.0. The van der Waals surface area contributed by atoms with E-state index in [1.165, 1.54) is 11.3 Å². The molecule has 24 heavy (non-hydrogen) atoms. The van der Waals surface area contributed by atoms with Gasteiger partial charge in [-0.2, -0.15) is 11.3 Å². The van der Waals surface area contributed by atoms with Crippen LogP contribution in [0.1, 0.15) is 17.2 Å². The smallest absolute Gasteiger partial charge is 0.108 e. The van der Waals surface area contributed by atoms with Crippen molar-refractivity contribution in [3.05, 3.63) is 74.3 Å². The van der Waals surface area contributed by atoms with Gasteiger partial charge in [0.05, 0.1) is 4.34 Å². The lowest BCUT2D eigenvalue weighted by Crippen LogP contribution is -2.01. The number of thiophene rings is 3. The predicted molar refractivity (Wildman–Crippen MR) is 104 cm³/mol. The lowest BCUT2D eigenvalue weighted by atomic mass is 9.97. The fraction of sp³-hybridized carbons (Fsp3) is 0.0556. The topological polar surface area (TPSA) is 33.1 Å². The normalized spacial score (nSPS) is 12.4. The fourth-order valence-corrected chi connectivity index (χ4v) is 5.58. The van der Waals surface area contributed by atoms with Crippen LogP contribution in [0.3, 0.4) is 0 Å². The van der Waals surface area contributed by atoms with Crippen LogP contribution >= 0.6 is 45.6 Å². The molecule has 0 saturated carbocycles. The Kier molecular flexibility index (Phi) is 4.52. The summed E-state index contributed by atoms with van der Waals surface area (Å²) >= 11 is 10.9. The van der Waals surface area contributed by atoms with Crippen LogP contribution in [0.25, 0.3) is 20.9 Å². The molecule has 0 aliphatic carbocycles. The van der Waals surface area contributed by atoms with Crippen LogP contribution in [0.4, 0.5) is 0 Å². The van der Waals surface area contributed by atoms with Gasteiger partial charge in [0.1, 0.15) is 6.10 Å². The molecular formula is C18H12ClNOS3. The maximum atomic E-state index is 11.1. The Bertz CT molecular complexity index is 944. The molecule has 1 unspecified atom stereocenters. The molecule has 0 bridgehead atoms. The first-order valence-electron chi connectivity index (χ1n) is 7.21. The molecular weight excluding hydrogens is 378 g/mol. The standard InChI is InChI=1S/C18H12ClNOS3/c19-15-4-3-14(24-15)13-10-23-18(12-5-7-22-9-12)16(13)17(21)11-2-1-6-20-8-11/h1-10,17,21H. The third-order valence-corrected chi connectivity index (χ3v) is 6.72. The number of aromatic nitrogens is 1. The molecule has 0 amide bonds. The van der Waals surface area contributed by atoms with Gasteiger partial charge < -0.3 is 5.11 Å². The molecule has 4 heterocycles. The van der Waals surface area contributed by atoms with Crippen molar-refractivity contribution in [2.24, 2.45) is 0 Å². The van der Waals surface area contributed by atoms with Gasteiger partial charge in [-0.15, -0.1) is 22.7 Å². The molecule has 1 atom stereocenters. The summed E-state index contributed by atoms with van der Waals surface area (Å²) in [6, 6.07) is 9.73. The first-order valence-corrected chi connectivity index (χ1v) is 10.2. The van der Waals surface area contributed by atoms with Gasteiger partial charge in [-0.05, 0) is 35.0 Å². The third-order valence-electron chi connectivity index (χ3n) is 3.73. The number of hydrogen-bond donors (Lipinski definition) is 1. The van der Waals surface area contributed by atoms with E-state index in [0.717, 1.165) is 36.3 Å². The summed E-state index contributed by atoms with van der Waals surface area (Å²) in [5, 5.41) is 17.3. The minimum atomic E-state index is -0.726. The van der Waals surface area contributed by atoms with Crippen LogP contribution in [0.5, 0.6) is 0 Å². The van der Waals surface area contributed by atoms with E-state index in [1.54, 1.807) is 35.1 Å². The van der Waals surface area contributed by atoms with Crippen LogP contribution in [0.2, 0.25) is 4.34 Å². The van der Waals surface area contributed by atoms with Gasteiger partial charge in [-0.1, -0.05) is 17.7 Å². The summed E-state index contributed by atoms with van der Waals surface area (Å²) in [6.07, 6.45) is 2.70. The molecule has 0 aliphatic rings. The quantitative estimate of drug-likeness (QED) is 0.442. The maximum absolute atomic E-state index is 11.1. The van der Waals surface area contributed by atoms with Crippen molar-refractivity contribution < 1.29 is 5.11 Å². The molecule has 120 valence electrons. The second-order valence-electron chi connectivity index (χ2n) is 5.20. The van der Waals surface area contributed by atoms with Crippen molar-refractivity contribution in [1.29, 1.82) is 0 Å². The largest absolute Gasteiger partial charge is 0.384 e. The molecule has 0 radical (unpaired) electrons. The van der Waals surface area contributed by atoms with E-state index >= 15 is 0 Å². The minimum absolute atomic E-state index is 0.726. The number of aliphatic hydroxyl groups is 1. The predicted octanol–water partition coefficient (Wildman–Crippen LogP) is 6.34. The Labute approximate surface area is 156 Å². The van der Waals surface area contributed by atoms with Crippen LogP contribution in [-0.2, 0) is 0 Å². The van der Waals surface area contributed by atoms with Crippen molar-refractivity contribution in [2.45, 2.75) is 6.10 Å². The molecule has 0 aliphatic heterocycles. The number of halogens is 1. The van der Waals surface area contributed by atoms with Gasteiger partial charge in [0.2, 0.25) is 0 Å². The highest BCUT2D eigenvalue weighted by molar-refractivity contribution is 7.20.